The molecule has 2 heterocycles. The van der Waals surface area contributed by atoms with Gasteiger partial charge in [0.25, 0.3) is 0 Å². The van der Waals surface area contributed by atoms with Crippen molar-refractivity contribution < 1.29 is 0 Å². The average molecular weight is 274 g/mol. The van der Waals surface area contributed by atoms with Gasteiger partial charge in [-0.05, 0) is 32.1 Å². The SMILES string of the molecule is CN1CCC(CN)(N2CCN(c3ccccc3)CC2)C1. The Morgan fingerprint density at radius 1 is 1.05 bits per heavy atom. The summed E-state index contributed by atoms with van der Waals surface area (Å²) in [6.45, 7) is 7.54. The van der Waals surface area contributed by atoms with E-state index < -0.39 is 0 Å². The largest absolute Gasteiger partial charge is 0.369 e. The van der Waals surface area contributed by atoms with Crippen LogP contribution in [0, 0.1) is 0 Å². The van der Waals surface area contributed by atoms with Gasteiger partial charge in [-0.2, -0.15) is 0 Å². The van der Waals surface area contributed by atoms with Gasteiger partial charge in [0, 0.05) is 50.5 Å². The highest BCUT2D eigenvalue weighted by Gasteiger charge is 2.41. The highest BCUT2D eigenvalue weighted by molar-refractivity contribution is 5.46. The molecule has 1 aromatic rings. The fraction of sp³-hybridized carbons (Fsp3) is 0.625. The maximum Gasteiger partial charge on any atom is 0.0471 e. The van der Waals surface area contributed by atoms with Gasteiger partial charge in [-0.1, -0.05) is 18.2 Å². The van der Waals surface area contributed by atoms with Gasteiger partial charge in [0.2, 0.25) is 0 Å². The van der Waals surface area contributed by atoms with E-state index in [0.29, 0.717) is 0 Å². The number of piperazine rings is 1. The number of para-hydroxylation sites is 1. The van der Waals surface area contributed by atoms with Crippen LogP contribution in [0.25, 0.3) is 0 Å². The topological polar surface area (TPSA) is 35.7 Å². The molecule has 2 N–H and O–H groups in total. The fourth-order valence-corrected chi connectivity index (χ4v) is 3.69. The van der Waals surface area contributed by atoms with Crippen LogP contribution in [-0.4, -0.2) is 68.2 Å². The van der Waals surface area contributed by atoms with Crippen LogP contribution in [0.2, 0.25) is 0 Å². The van der Waals surface area contributed by atoms with Crippen LogP contribution in [0.4, 0.5) is 5.69 Å². The third-order valence-electron chi connectivity index (χ3n) is 4.97. The molecular weight excluding hydrogens is 248 g/mol. The molecule has 0 aliphatic carbocycles. The van der Waals surface area contributed by atoms with Crippen molar-refractivity contribution in [3.63, 3.8) is 0 Å². The van der Waals surface area contributed by atoms with E-state index >= 15 is 0 Å². The van der Waals surface area contributed by atoms with Crippen LogP contribution in [-0.2, 0) is 0 Å². The Morgan fingerprint density at radius 2 is 1.75 bits per heavy atom. The molecule has 0 aromatic heterocycles. The van der Waals surface area contributed by atoms with Crippen molar-refractivity contribution in [2.24, 2.45) is 5.73 Å². The van der Waals surface area contributed by atoms with Crippen LogP contribution in [0.1, 0.15) is 6.42 Å². The van der Waals surface area contributed by atoms with Gasteiger partial charge in [-0.15, -0.1) is 0 Å². The lowest BCUT2D eigenvalue weighted by Gasteiger charge is -2.46. The summed E-state index contributed by atoms with van der Waals surface area (Å²) in [4.78, 5) is 7.53. The molecule has 4 nitrogen and oxygen atoms in total. The van der Waals surface area contributed by atoms with E-state index in [1.165, 1.54) is 18.7 Å². The van der Waals surface area contributed by atoms with Gasteiger partial charge in [0.05, 0.1) is 0 Å². The highest BCUT2D eigenvalue weighted by Crippen LogP contribution is 2.28. The van der Waals surface area contributed by atoms with E-state index in [2.05, 4.69) is 52.1 Å². The number of rotatable bonds is 3. The molecule has 110 valence electrons. The van der Waals surface area contributed by atoms with Gasteiger partial charge in [0.1, 0.15) is 0 Å². The van der Waals surface area contributed by atoms with E-state index in [0.717, 1.165) is 39.3 Å². The number of likely N-dealkylation sites (N-methyl/N-ethyl adjacent to an activating group) is 1. The molecule has 3 rings (SSSR count). The molecule has 1 unspecified atom stereocenters. The van der Waals surface area contributed by atoms with Crippen molar-refractivity contribution in [2.75, 3.05) is 57.8 Å². The average Bonchev–Trinajstić information content (AvgIpc) is 2.91. The Balaban J connectivity index is 1.64. The molecule has 2 fully saturated rings. The Labute approximate surface area is 122 Å². The van der Waals surface area contributed by atoms with E-state index in [9.17, 15) is 0 Å². The second-order valence-electron chi connectivity index (χ2n) is 6.23. The van der Waals surface area contributed by atoms with Crippen molar-refractivity contribution in [2.45, 2.75) is 12.0 Å². The molecule has 0 spiro atoms. The summed E-state index contributed by atoms with van der Waals surface area (Å²) in [5.74, 6) is 0. The zero-order valence-electron chi connectivity index (χ0n) is 12.5. The first kappa shape index (κ1) is 13.9. The smallest absolute Gasteiger partial charge is 0.0471 e. The minimum absolute atomic E-state index is 0.220. The lowest BCUT2D eigenvalue weighted by atomic mass is 9.95. The summed E-state index contributed by atoms with van der Waals surface area (Å²) in [6, 6.07) is 10.7. The molecule has 2 aliphatic rings. The van der Waals surface area contributed by atoms with Crippen molar-refractivity contribution in [3.05, 3.63) is 30.3 Å². The van der Waals surface area contributed by atoms with E-state index in [1.807, 2.05) is 0 Å². The van der Waals surface area contributed by atoms with Crippen LogP contribution in [0.15, 0.2) is 30.3 Å². The van der Waals surface area contributed by atoms with Crippen molar-refractivity contribution in [1.29, 1.82) is 0 Å². The second-order valence-corrected chi connectivity index (χ2v) is 6.23. The Morgan fingerprint density at radius 3 is 2.30 bits per heavy atom. The second kappa shape index (κ2) is 5.72. The van der Waals surface area contributed by atoms with E-state index in [4.69, 9.17) is 5.73 Å². The summed E-state index contributed by atoms with van der Waals surface area (Å²) < 4.78 is 0. The van der Waals surface area contributed by atoms with Crippen molar-refractivity contribution in [3.8, 4) is 0 Å². The third-order valence-corrected chi connectivity index (χ3v) is 4.97. The predicted molar refractivity (Wildman–Crippen MR) is 84.1 cm³/mol. The molecule has 0 saturated carbocycles. The molecule has 4 heteroatoms. The van der Waals surface area contributed by atoms with Gasteiger partial charge < -0.3 is 15.5 Å². The van der Waals surface area contributed by atoms with Crippen LogP contribution < -0.4 is 10.6 Å². The zero-order chi connectivity index (χ0) is 14.0. The summed E-state index contributed by atoms with van der Waals surface area (Å²) >= 11 is 0. The lowest BCUT2D eigenvalue weighted by molar-refractivity contribution is 0.0946. The van der Waals surface area contributed by atoms with Gasteiger partial charge in [0.15, 0.2) is 0 Å². The number of nitrogens with zero attached hydrogens (tertiary/aromatic N) is 3. The van der Waals surface area contributed by atoms with E-state index in [-0.39, 0.29) is 5.54 Å². The predicted octanol–water partition coefficient (Wildman–Crippen LogP) is 0.842. The molecular formula is C16H26N4. The number of nitrogens with two attached hydrogens (primary N) is 1. The monoisotopic (exact) mass is 274 g/mol. The quantitative estimate of drug-likeness (QED) is 0.886. The maximum absolute atomic E-state index is 6.13. The van der Waals surface area contributed by atoms with E-state index in [1.54, 1.807) is 0 Å². The van der Waals surface area contributed by atoms with Gasteiger partial charge >= 0.3 is 0 Å². The highest BCUT2D eigenvalue weighted by atomic mass is 15.3. The molecule has 0 radical (unpaired) electrons. The number of hydrogen-bond acceptors (Lipinski definition) is 4. The summed E-state index contributed by atoms with van der Waals surface area (Å²) in [5, 5.41) is 0. The Kier molecular flexibility index (Phi) is 3.96. The number of benzene rings is 1. The van der Waals surface area contributed by atoms with Crippen LogP contribution in [0.5, 0.6) is 0 Å². The summed E-state index contributed by atoms with van der Waals surface area (Å²) in [5.41, 5.74) is 7.69. The Hall–Kier alpha value is -1.10. The summed E-state index contributed by atoms with van der Waals surface area (Å²) in [7, 11) is 2.21. The van der Waals surface area contributed by atoms with Crippen molar-refractivity contribution in [1.82, 2.24) is 9.80 Å². The normalized spacial score (nSPS) is 29.0. The molecule has 0 amide bonds. The van der Waals surface area contributed by atoms with Crippen LogP contribution in [0.3, 0.4) is 0 Å². The van der Waals surface area contributed by atoms with Gasteiger partial charge in [-0.3, -0.25) is 4.90 Å². The first-order valence-corrected chi connectivity index (χ1v) is 7.67. The fourth-order valence-electron chi connectivity index (χ4n) is 3.69. The first-order chi connectivity index (χ1) is 9.73. The molecule has 1 atom stereocenters. The first-order valence-electron chi connectivity index (χ1n) is 7.67. The number of hydrogen-bond donors (Lipinski definition) is 1. The number of anilines is 1. The maximum atomic E-state index is 6.13. The zero-order valence-corrected chi connectivity index (χ0v) is 12.5. The lowest BCUT2D eigenvalue weighted by Crippen LogP contribution is -2.61. The molecule has 2 aliphatic heterocycles. The third kappa shape index (κ3) is 2.55. The minimum Gasteiger partial charge on any atom is -0.369 e. The Bertz CT molecular complexity index is 427. The summed E-state index contributed by atoms with van der Waals surface area (Å²) in [6.07, 6.45) is 1.21. The van der Waals surface area contributed by atoms with Crippen LogP contribution >= 0.6 is 0 Å². The minimum atomic E-state index is 0.220. The molecule has 20 heavy (non-hydrogen) atoms. The van der Waals surface area contributed by atoms with Crippen molar-refractivity contribution >= 4 is 5.69 Å². The standard InChI is InChI=1S/C16H26N4/c1-18-8-7-16(13-17,14-18)20-11-9-19(10-12-20)15-5-3-2-4-6-15/h2-6H,7-14,17H2,1H3. The molecule has 2 saturated heterocycles. The van der Waals surface area contributed by atoms with Gasteiger partial charge in [-0.25, -0.2) is 0 Å². The molecule has 1 aromatic carbocycles. The molecule has 0 bridgehead atoms. The number of likely N-dealkylation sites (tertiary alicyclic amines) is 1.